The highest BCUT2D eigenvalue weighted by Gasteiger charge is 2.30. The second-order valence-electron chi connectivity index (χ2n) is 5.98. The van der Waals surface area contributed by atoms with E-state index in [1.807, 2.05) is 7.05 Å². The van der Waals surface area contributed by atoms with Gasteiger partial charge in [0.2, 0.25) is 0 Å². The van der Waals surface area contributed by atoms with Crippen LogP contribution in [0, 0.1) is 5.92 Å². The van der Waals surface area contributed by atoms with Gasteiger partial charge < -0.3 is 5.32 Å². The predicted molar refractivity (Wildman–Crippen MR) is 93.2 cm³/mol. The molecule has 1 fully saturated rings. The quantitative estimate of drug-likeness (QED) is 0.921. The minimum Gasteiger partial charge on any atom is -0.319 e. The average Bonchev–Trinajstić information content (AvgIpc) is 2.54. The van der Waals surface area contributed by atoms with Crippen LogP contribution in [0.1, 0.15) is 42.1 Å². The van der Waals surface area contributed by atoms with E-state index in [-0.39, 0.29) is 0 Å². The molecule has 21 heavy (non-hydrogen) atoms. The van der Waals surface area contributed by atoms with Gasteiger partial charge in [0.1, 0.15) is 5.82 Å². The molecule has 5 heteroatoms. The van der Waals surface area contributed by atoms with Gasteiger partial charge in [0.15, 0.2) is 0 Å². The van der Waals surface area contributed by atoms with Gasteiger partial charge >= 0.3 is 0 Å². The van der Waals surface area contributed by atoms with Gasteiger partial charge in [0, 0.05) is 28.6 Å². The van der Waals surface area contributed by atoms with Crippen molar-refractivity contribution in [3.63, 3.8) is 0 Å². The van der Waals surface area contributed by atoms with Crippen molar-refractivity contribution < 1.29 is 0 Å². The Morgan fingerprint density at radius 1 is 1.33 bits per heavy atom. The normalized spacial score (nSPS) is 29.1. The maximum absolute atomic E-state index is 4.96. The summed E-state index contributed by atoms with van der Waals surface area (Å²) in [6.07, 6.45) is 6.85. The molecule has 3 atom stereocenters. The minimum atomic E-state index is 0.495. The van der Waals surface area contributed by atoms with E-state index in [0.717, 1.165) is 31.1 Å². The molecule has 1 aromatic heterocycles. The lowest BCUT2D eigenvalue weighted by Crippen LogP contribution is -2.27. The first-order valence-electron chi connectivity index (χ1n) is 8.04. The van der Waals surface area contributed by atoms with E-state index in [4.69, 9.17) is 9.97 Å². The minimum absolute atomic E-state index is 0.495. The van der Waals surface area contributed by atoms with E-state index in [1.165, 1.54) is 35.6 Å². The first kappa shape index (κ1) is 15.6. The Hall–Kier alpha value is -0.260. The first-order valence-corrected chi connectivity index (χ1v) is 10.1. The standard InChI is InChI=1S/C16H25N3S2/c1-3-14-15(21-7-6-20-14)16-18-10-12-8-11(9-17-2)4-5-13(12)19-16/h10-11,14-15,17H,3-9H2,1-2H3. The summed E-state index contributed by atoms with van der Waals surface area (Å²) in [5.41, 5.74) is 2.70. The zero-order chi connectivity index (χ0) is 14.7. The maximum Gasteiger partial charge on any atom is 0.142 e. The molecule has 3 unspecified atom stereocenters. The topological polar surface area (TPSA) is 37.8 Å². The number of rotatable bonds is 4. The fraction of sp³-hybridized carbons (Fsp3) is 0.750. The number of nitrogens with one attached hydrogen (secondary N) is 1. The fourth-order valence-electron chi connectivity index (χ4n) is 3.34. The van der Waals surface area contributed by atoms with Gasteiger partial charge in [0.25, 0.3) is 0 Å². The number of aryl methyl sites for hydroxylation is 1. The Morgan fingerprint density at radius 2 is 2.19 bits per heavy atom. The third-order valence-electron chi connectivity index (χ3n) is 4.47. The fourth-order valence-corrected chi connectivity index (χ4v) is 6.34. The lowest BCUT2D eigenvalue weighted by Gasteiger charge is -2.30. The summed E-state index contributed by atoms with van der Waals surface area (Å²) in [4.78, 5) is 9.71. The molecule has 0 bridgehead atoms. The smallest absolute Gasteiger partial charge is 0.142 e. The Balaban J connectivity index is 1.77. The van der Waals surface area contributed by atoms with Crippen molar-refractivity contribution >= 4 is 23.5 Å². The van der Waals surface area contributed by atoms with Crippen molar-refractivity contribution in [3.05, 3.63) is 23.3 Å². The average molecular weight is 324 g/mol. The Morgan fingerprint density at radius 3 is 3.00 bits per heavy atom. The van der Waals surface area contributed by atoms with Crippen molar-refractivity contribution in [1.29, 1.82) is 0 Å². The predicted octanol–water partition coefficient (Wildman–Crippen LogP) is 3.10. The molecular formula is C16H25N3S2. The monoisotopic (exact) mass is 323 g/mol. The van der Waals surface area contributed by atoms with Gasteiger partial charge in [-0.3, -0.25) is 0 Å². The molecule has 1 aliphatic carbocycles. The number of aromatic nitrogens is 2. The van der Waals surface area contributed by atoms with Crippen molar-refractivity contribution in [2.75, 3.05) is 25.1 Å². The summed E-state index contributed by atoms with van der Waals surface area (Å²) in [5, 5.41) is 4.48. The lowest BCUT2D eigenvalue weighted by molar-refractivity contribution is 0.433. The molecule has 3 nitrogen and oxygen atoms in total. The van der Waals surface area contributed by atoms with Gasteiger partial charge in [-0.25, -0.2) is 9.97 Å². The highest BCUT2D eigenvalue weighted by molar-refractivity contribution is 8.06. The maximum atomic E-state index is 4.96. The van der Waals surface area contributed by atoms with Gasteiger partial charge in [-0.15, -0.1) is 11.8 Å². The van der Waals surface area contributed by atoms with E-state index < -0.39 is 0 Å². The van der Waals surface area contributed by atoms with Crippen molar-refractivity contribution in [2.45, 2.75) is 43.1 Å². The van der Waals surface area contributed by atoms with Crippen LogP contribution in [-0.2, 0) is 12.8 Å². The van der Waals surface area contributed by atoms with Crippen LogP contribution in [0.15, 0.2) is 6.20 Å². The van der Waals surface area contributed by atoms with Crippen LogP contribution < -0.4 is 5.32 Å². The number of thioether (sulfide) groups is 2. The second-order valence-corrected chi connectivity index (χ2v) is 8.57. The van der Waals surface area contributed by atoms with E-state index in [9.17, 15) is 0 Å². The number of nitrogens with zero attached hydrogens (tertiary/aromatic N) is 2. The molecule has 0 amide bonds. The van der Waals surface area contributed by atoms with E-state index in [2.05, 4.69) is 42.0 Å². The van der Waals surface area contributed by atoms with Crippen LogP contribution in [0.5, 0.6) is 0 Å². The van der Waals surface area contributed by atoms with E-state index in [0.29, 0.717) is 10.5 Å². The number of fused-ring (bicyclic) bond motifs is 1. The summed E-state index contributed by atoms with van der Waals surface area (Å²) in [5.74, 6) is 4.34. The third-order valence-corrected chi connectivity index (χ3v) is 7.71. The largest absolute Gasteiger partial charge is 0.319 e. The van der Waals surface area contributed by atoms with Crippen LogP contribution >= 0.6 is 23.5 Å². The summed E-state index contributed by atoms with van der Waals surface area (Å²) >= 11 is 4.15. The molecule has 2 aliphatic rings. The molecule has 1 aliphatic heterocycles. The van der Waals surface area contributed by atoms with Gasteiger partial charge in [-0.05, 0) is 50.8 Å². The summed E-state index contributed by atoms with van der Waals surface area (Å²) in [6.45, 7) is 3.39. The SMILES string of the molecule is CCC1SCCSC1c1ncc2c(n1)CCC(CNC)C2. The Kier molecular flexibility index (Phi) is 5.46. The molecule has 1 saturated heterocycles. The Bertz CT molecular complexity index is 481. The third kappa shape index (κ3) is 3.57. The molecule has 0 spiro atoms. The second kappa shape index (κ2) is 7.34. The summed E-state index contributed by atoms with van der Waals surface area (Å²) < 4.78 is 0. The highest BCUT2D eigenvalue weighted by Crippen LogP contribution is 2.43. The van der Waals surface area contributed by atoms with Crippen LogP contribution in [0.25, 0.3) is 0 Å². The molecule has 116 valence electrons. The molecule has 0 radical (unpaired) electrons. The van der Waals surface area contributed by atoms with Gasteiger partial charge in [-0.1, -0.05) is 6.92 Å². The molecule has 1 N–H and O–H groups in total. The molecule has 0 aromatic carbocycles. The lowest BCUT2D eigenvalue weighted by atomic mass is 9.87. The molecule has 3 rings (SSSR count). The zero-order valence-corrected chi connectivity index (χ0v) is 14.6. The Labute approximate surface area is 136 Å². The molecule has 2 heterocycles. The van der Waals surface area contributed by atoms with Crippen LogP contribution in [0.3, 0.4) is 0 Å². The van der Waals surface area contributed by atoms with Crippen LogP contribution in [-0.4, -0.2) is 40.3 Å². The number of hydrogen-bond acceptors (Lipinski definition) is 5. The van der Waals surface area contributed by atoms with E-state index in [1.54, 1.807) is 0 Å². The molecule has 0 saturated carbocycles. The van der Waals surface area contributed by atoms with Crippen molar-refractivity contribution in [1.82, 2.24) is 15.3 Å². The molecule has 1 aromatic rings. The van der Waals surface area contributed by atoms with Gasteiger partial charge in [0.05, 0.1) is 5.25 Å². The van der Waals surface area contributed by atoms with E-state index >= 15 is 0 Å². The van der Waals surface area contributed by atoms with Gasteiger partial charge in [-0.2, -0.15) is 11.8 Å². The first-order chi connectivity index (χ1) is 10.3. The summed E-state index contributed by atoms with van der Waals surface area (Å²) in [7, 11) is 2.04. The highest BCUT2D eigenvalue weighted by atomic mass is 32.2. The van der Waals surface area contributed by atoms with Crippen molar-refractivity contribution in [3.8, 4) is 0 Å². The van der Waals surface area contributed by atoms with Crippen LogP contribution in [0.2, 0.25) is 0 Å². The van der Waals surface area contributed by atoms with Crippen LogP contribution in [0.4, 0.5) is 0 Å². The zero-order valence-electron chi connectivity index (χ0n) is 13.0. The number of hydrogen-bond donors (Lipinski definition) is 1. The van der Waals surface area contributed by atoms with Crippen molar-refractivity contribution in [2.24, 2.45) is 5.92 Å². The summed E-state index contributed by atoms with van der Waals surface area (Å²) in [6, 6.07) is 0. The molecular weight excluding hydrogens is 298 g/mol.